The van der Waals surface area contributed by atoms with Crippen molar-refractivity contribution in [3.8, 4) is 11.6 Å². The van der Waals surface area contributed by atoms with Crippen molar-refractivity contribution in [3.63, 3.8) is 0 Å². The lowest BCUT2D eigenvalue weighted by Crippen LogP contribution is -2.53. The van der Waals surface area contributed by atoms with Crippen molar-refractivity contribution in [2.75, 3.05) is 6.61 Å². The van der Waals surface area contributed by atoms with Crippen LogP contribution < -0.4 is 10.4 Å². The van der Waals surface area contributed by atoms with Crippen LogP contribution in [-0.4, -0.2) is 33.2 Å². The van der Waals surface area contributed by atoms with Gasteiger partial charge in [0.25, 0.3) is 5.60 Å². The number of alkyl halides is 6. The molecule has 0 aliphatic carbocycles. The molecular formula is C21H24F6N2O4. The minimum absolute atomic E-state index is 0.127. The van der Waals surface area contributed by atoms with E-state index in [1.807, 2.05) is 0 Å². The van der Waals surface area contributed by atoms with Gasteiger partial charge in [-0.15, -0.1) is 0 Å². The molecule has 184 valence electrons. The molecule has 1 N–H and O–H groups in total. The first-order valence-corrected chi connectivity index (χ1v) is 10.4. The summed E-state index contributed by atoms with van der Waals surface area (Å²) in [4.78, 5) is 11.9. The van der Waals surface area contributed by atoms with E-state index >= 15 is 0 Å². The van der Waals surface area contributed by atoms with Gasteiger partial charge in [0.15, 0.2) is 0 Å². The Bertz CT molecular complexity index is 1040. The maximum atomic E-state index is 13.6. The zero-order valence-corrected chi connectivity index (χ0v) is 18.0. The van der Waals surface area contributed by atoms with Crippen molar-refractivity contribution in [2.24, 2.45) is 7.05 Å². The fourth-order valence-corrected chi connectivity index (χ4v) is 4.06. The first-order chi connectivity index (χ1) is 15.3. The molecule has 3 rings (SSSR count). The highest BCUT2D eigenvalue weighted by atomic mass is 19.4. The van der Waals surface area contributed by atoms with Crippen LogP contribution in [0.25, 0.3) is 0 Å². The number of unbranched alkanes of at least 4 members (excludes halogenated alkanes) is 1. The molecule has 6 nitrogen and oxygen atoms in total. The standard InChI is InChI=1S/C21H24F6N2O4/c1-3-6-13-14-12-33-19(20(22,23)24,21(25,26)27)15(14)7-8-16(13)32-10-5-4-9-29-17(30)11-28(2)18(29)31/h7-8,11,30H,3-6,9-10,12H2,1-2H3. The highest BCUT2D eigenvalue weighted by Gasteiger charge is 2.75. The van der Waals surface area contributed by atoms with E-state index in [2.05, 4.69) is 4.74 Å². The molecule has 2 heterocycles. The van der Waals surface area contributed by atoms with Crippen molar-refractivity contribution in [2.45, 2.75) is 63.7 Å². The van der Waals surface area contributed by atoms with Gasteiger partial charge in [0.1, 0.15) is 5.75 Å². The van der Waals surface area contributed by atoms with Crippen LogP contribution in [0.2, 0.25) is 0 Å². The SMILES string of the molecule is CCCc1c(OCCCCn2c(O)cn(C)c2=O)ccc2c1COC2(C(F)(F)F)C(F)(F)F. The molecule has 0 radical (unpaired) electrons. The predicted octanol–water partition coefficient (Wildman–Crippen LogP) is 4.55. The third-order valence-electron chi connectivity index (χ3n) is 5.65. The summed E-state index contributed by atoms with van der Waals surface area (Å²) in [6.07, 6.45) is -8.47. The Morgan fingerprint density at radius 2 is 1.82 bits per heavy atom. The third-order valence-corrected chi connectivity index (χ3v) is 5.65. The van der Waals surface area contributed by atoms with Crippen LogP contribution >= 0.6 is 0 Å². The highest BCUT2D eigenvalue weighted by Crippen LogP contribution is 2.58. The van der Waals surface area contributed by atoms with Crippen LogP contribution in [-0.2, 0) is 37.0 Å². The average molecular weight is 482 g/mol. The molecule has 12 heteroatoms. The predicted molar refractivity (Wildman–Crippen MR) is 105 cm³/mol. The van der Waals surface area contributed by atoms with E-state index in [9.17, 15) is 36.2 Å². The monoisotopic (exact) mass is 482 g/mol. The van der Waals surface area contributed by atoms with Gasteiger partial charge in [-0.25, -0.2) is 4.79 Å². The number of ether oxygens (including phenoxy) is 2. The summed E-state index contributed by atoms with van der Waals surface area (Å²) in [5.74, 6) is 0.0316. The smallest absolute Gasteiger partial charge is 0.430 e. The van der Waals surface area contributed by atoms with E-state index in [4.69, 9.17) is 4.74 Å². The normalized spacial score (nSPS) is 15.6. The minimum atomic E-state index is -5.68. The first-order valence-electron chi connectivity index (χ1n) is 10.4. The molecule has 33 heavy (non-hydrogen) atoms. The lowest BCUT2D eigenvalue weighted by atomic mass is 9.87. The van der Waals surface area contributed by atoms with Crippen LogP contribution in [0.1, 0.15) is 42.9 Å². The molecule has 2 aromatic rings. The maximum absolute atomic E-state index is 13.6. The van der Waals surface area contributed by atoms with Crippen LogP contribution in [0.5, 0.6) is 11.6 Å². The number of aromatic nitrogens is 2. The Morgan fingerprint density at radius 1 is 1.15 bits per heavy atom. The Balaban J connectivity index is 1.78. The van der Waals surface area contributed by atoms with Gasteiger partial charge in [-0.2, -0.15) is 26.3 Å². The van der Waals surface area contributed by atoms with Gasteiger partial charge in [-0.1, -0.05) is 19.4 Å². The lowest BCUT2D eigenvalue weighted by Gasteiger charge is -2.33. The fraction of sp³-hybridized carbons (Fsp3) is 0.571. The highest BCUT2D eigenvalue weighted by molar-refractivity contribution is 5.50. The Hall–Kier alpha value is -2.63. The quantitative estimate of drug-likeness (QED) is 0.443. The van der Waals surface area contributed by atoms with Crippen molar-refractivity contribution < 1.29 is 40.9 Å². The number of rotatable bonds is 8. The Morgan fingerprint density at radius 3 is 2.36 bits per heavy atom. The van der Waals surface area contributed by atoms with Crippen molar-refractivity contribution in [3.05, 3.63) is 45.5 Å². The van der Waals surface area contributed by atoms with E-state index < -0.39 is 30.1 Å². The third kappa shape index (κ3) is 4.32. The summed E-state index contributed by atoms with van der Waals surface area (Å²) in [6.45, 7) is 1.29. The summed E-state index contributed by atoms with van der Waals surface area (Å²) >= 11 is 0. The molecule has 0 fully saturated rings. The van der Waals surface area contributed by atoms with E-state index in [-0.39, 0.29) is 48.0 Å². The molecular weight excluding hydrogens is 458 g/mol. The first kappa shape index (κ1) is 25.0. The molecule has 1 aliphatic heterocycles. The number of nitrogens with zero attached hydrogens (tertiary/aromatic N) is 2. The summed E-state index contributed by atoms with van der Waals surface area (Å²) in [7, 11) is 1.50. The average Bonchev–Trinajstić information content (AvgIpc) is 3.22. The van der Waals surface area contributed by atoms with Gasteiger partial charge in [0.2, 0.25) is 5.88 Å². The van der Waals surface area contributed by atoms with Crippen molar-refractivity contribution >= 4 is 0 Å². The van der Waals surface area contributed by atoms with Gasteiger partial charge in [-0.05, 0) is 30.9 Å². The summed E-state index contributed by atoms with van der Waals surface area (Å²) in [5.41, 5.74) is -5.57. The number of fused-ring (bicyclic) bond motifs is 1. The molecule has 0 saturated heterocycles. The molecule has 0 bridgehead atoms. The zero-order valence-electron chi connectivity index (χ0n) is 18.0. The minimum Gasteiger partial charge on any atom is -0.493 e. The van der Waals surface area contributed by atoms with E-state index in [0.29, 0.717) is 19.3 Å². The zero-order chi connectivity index (χ0) is 24.6. The van der Waals surface area contributed by atoms with Crippen molar-refractivity contribution in [1.82, 2.24) is 9.13 Å². The van der Waals surface area contributed by atoms with Crippen LogP contribution in [0.15, 0.2) is 23.1 Å². The second kappa shape index (κ2) is 8.96. The number of benzene rings is 1. The van der Waals surface area contributed by atoms with Gasteiger partial charge in [0, 0.05) is 24.7 Å². The lowest BCUT2D eigenvalue weighted by molar-refractivity contribution is -0.385. The second-order valence-electron chi connectivity index (χ2n) is 7.87. The topological polar surface area (TPSA) is 65.6 Å². The molecule has 1 aromatic carbocycles. The second-order valence-corrected chi connectivity index (χ2v) is 7.87. The summed E-state index contributed by atoms with van der Waals surface area (Å²) in [5, 5.41) is 9.73. The molecule has 0 saturated carbocycles. The number of aryl methyl sites for hydroxylation is 1. The van der Waals surface area contributed by atoms with Gasteiger partial charge in [-0.3, -0.25) is 9.13 Å². The molecule has 0 atom stereocenters. The summed E-state index contributed by atoms with van der Waals surface area (Å²) < 4.78 is 94.0. The summed E-state index contributed by atoms with van der Waals surface area (Å²) in [6, 6.07) is 1.90. The maximum Gasteiger partial charge on any atom is 0.430 e. The number of halogens is 6. The molecule has 0 spiro atoms. The van der Waals surface area contributed by atoms with Gasteiger partial charge in [0.05, 0.1) is 19.4 Å². The fourth-order valence-electron chi connectivity index (χ4n) is 4.06. The molecule has 0 unspecified atom stereocenters. The van der Waals surface area contributed by atoms with Gasteiger partial charge >= 0.3 is 18.0 Å². The van der Waals surface area contributed by atoms with Crippen LogP contribution in [0.4, 0.5) is 26.3 Å². The number of imidazole rings is 1. The van der Waals surface area contributed by atoms with Gasteiger partial charge < -0.3 is 14.6 Å². The Kier molecular flexibility index (Phi) is 6.79. The van der Waals surface area contributed by atoms with Crippen LogP contribution in [0.3, 0.4) is 0 Å². The van der Waals surface area contributed by atoms with Crippen LogP contribution in [0, 0.1) is 0 Å². The van der Waals surface area contributed by atoms with E-state index in [1.54, 1.807) is 6.92 Å². The van der Waals surface area contributed by atoms with E-state index in [0.717, 1.165) is 12.1 Å². The number of hydrogen-bond acceptors (Lipinski definition) is 4. The van der Waals surface area contributed by atoms with E-state index in [1.165, 1.54) is 22.4 Å². The molecule has 0 amide bonds. The largest absolute Gasteiger partial charge is 0.493 e. The molecule has 1 aromatic heterocycles. The number of aromatic hydroxyl groups is 1. The molecule has 1 aliphatic rings. The Labute approximate surface area is 185 Å². The van der Waals surface area contributed by atoms with Crippen molar-refractivity contribution in [1.29, 1.82) is 0 Å². The number of hydrogen-bond donors (Lipinski definition) is 1.